The first-order chi connectivity index (χ1) is 14.0. The van der Waals surface area contributed by atoms with Gasteiger partial charge in [0.1, 0.15) is 5.75 Å². The summed E-state index contributed by atoms with van der Waals surface area (Å²) in [5.74, 6) is 0.0378. The number of rotatable bonds is 5. The first kappa shape index (κ1) is 19.5. The average molecular weight is 469 g/mol. The molecule has 1 amide bonds. The highest BCUT2D eigenvalue weighted by atomic mass is 79.9. The van der Waals surface area contributed by atoms with Crippen LogP contribution in [0.1, 0.15) is 5.56 Å². The van der Waals surface area contributed by atoms with E-state index in [2.05, 4.69) is 31.4 Å². The molecule has 0 bridgehead atoms. The SMILES string of the molecule is Cn1c(SCC(=O)N/N=C/c2c(O)ccc3cc(Br)ccc23)nc2ccccc21. The standard InChI is InChI=1S/C21H17BrN4O2S/c1-26-18-5-3-2-4-17(18)24-21(26)29-12-20(28)25-23-11-16-15-8-7-14(22)10-13(15)6-9-19(16)27/h2-11,27H,12H2,1H3,(H,25,28)/b23-11+. The number of aromatic nitrogens is 2. The van der Waals surface area contributed by atoms with E-state index in [1.165, 1.54) is 18.0 Å². The molecule has 0 saturated carbocycles. The number of hydrazone groups is 1. The third-order valence-corrected chi connectivity index (χ3v) is 5.98. The molecule has 0 unspecified atom stereocenters. The van der Waals surface area contributed by atoms with E-state index < -0.39 is 0 Å². The lowest BCUT2D eigenvalue weighted by Crippen LogP contribution is -2.19. The molecular weight excluding hydrogens is 452 g/mol. The number of thioether (sulfide) groups is 1. The third kappa shape index (κ3) is 4.13. The molecule has 146 valence electrons. The van der Waals surface area contributed by atoms with Gasteiger partial charge in [0.15, 0.2) is 5.16 Å². The molecule has 0 spiro atoms. The van der Waals surface area contributed by atoms with Crippen LogP contribution in [0.4, 0.5) is 0 Å². The summed E-state index contributed by atoms with van der Waals surface area (Å²) in [6.45, 7) is 0. The summed E-state index contributed by atoms with van der Waals surface area (Å²) in [4.78, 5) is 16.7. The van der Waals surface area contributed by atoms with Gasteiger partial charge in [-0.2, -0.15) is 5.10 Å². The number of hydrogen-bond donors (Lipinski definition) is 2. The Morgan fingerprint density at radius 3 is 2.93 bits per heavy atom. The molecule has 0 radical (unpaired) electrons. The molecule has 4 rings (SSSR count). The highest BCUT2D eigenvalue weighted by Crippen LogP contribution is 2.28. The number of benzene rings is 3. The van der Waals surface area contributed by atoms with E-state index in [1.807, 2.05) is 60.1 Å². The minimum atomic E-state index is -0.249. The Bertz CT molecular complexity index is 1250. The lowest BCUT2D eigenvalue weighted by molar-refractivity contribution is -0.118. The largest absolute Gasteiger partial charge is 0.507 e. The van der Waals surface area contributed by atoms with Crippen molar-refractivity contribution in [1.82, 2.24) is 15.0 Å². The highest BCUT2D eigenvalue weighted by Gasteiger charge is 2.10. The number of phenols is 1. The molecule has 0 aliphatic carbocycles. The van der Waals surface area contributed by atoms with Gasteiger partial charge in [0.2, 0.25) is 0 Å². The van der Waals surface area contributed by atoms with Crippen LogP contribution >= 0.6 is 27.7 Å². The smallest absolute Gasteiger partial charge is 0.250 e. The van der Waals surface area contributed by atoms with E-state index in [4.69, 9.17) is 0 Å². The van der Waals surface area contributed by atoms with Crippen LogP contribution in [0.25, 0.3) is 21.8 Å². The first-order valence-corrected chi connectivity index (χ1v) is 10.6. The number of para-hydroxylation sites is 2. The summed E-state index contributed by atoms with van der Waals surface area (Å²) < 4.78 is 2.91. The number of amides is 1. The normalized spacial score (nSPS) is 11.5. The number of aryl methyl sites for hydroxylation is 1. The van der Waals surface area contributed by atoms with E-state index in [1.54, 1.807) is 6.07 Å². The molecule has 1 aromatic heterocycles. The van der Waals surface area contributed by atoms with Crippen molar-refractivity contribution in [2.45, 2.75) is 5.16 Å². The van der Waals surface area contributed by atoms with Gasteiger partial charge in [-0.25, -0.2) is 10.4 Å². The van der Waals surface area contributed by atoms with Crippen LogP contribution in [0.2, 0.25) is 0 Å². The van der Waals surface area contributed by atoms with Gasteiger partial charge >= 0.3 is 0 Å². The third-order valence-electron chi connectivity index (χ3n) is 4.46. The number of hydrogen-bond acceptors (Lipinski definition) is 5. The zero-order valence-corrected chi connectivity index (χ0v) is 17.9. The first-order valence-electron chi connectivity index (χ1n) is 8.80. The number of fused-ring (bicyclic) bond motifs is 2. The molecule has 8 heteroatoms. The van der Waals surface area contributed by atoms with Crippen molar-refractivity contribution in [3.05, 3.63) is 64.6 Å². The van der Waals surface area contributed by atoms with Crippen molar-refractivity contribution in [2.24, 2.45) is 12.1 Å². The summed E-state index contributed by atoms with van der Waals surface area (Å²) in [5.41, 5.74) is 4.98. The maximum atomic E-state index is 12.2. The lowest BCUT2D eigenvalue weighted by Gasteiger charge is -2.06. The fraction of sp³-hybridized carbons (Fsp3) is 0.0952. The molecule has 4 aromatic rings. The van der Waals surface area contributed by atoms with E-state index in [9.17, 15) is 9.90 Å². The molecule has 0 aliphatic rings. The van der Waals surface area contributed by atoms with E-state index in [-0.39, 0.29) is 17.4 Å². The van der Waals surface area contributed by atoms with Crippen molar-refractivity contribution in [3.8, 4) is 5.75 Å². The van der Waals surface area contributed by atoms with Crippen molar-refractivity contribution in [1.29, 1.82) is 0 Å². The Kier molecular flexibility index (Phi) is 5.55. The summed E-state index contributed by atoms with van der Waals surface area (Å²) in [5, 5.41) is 16.8. The number of aromatic hydroxyl groups is 1. The van der Waals surface area contributed by atoms with Crippen molar-refractivity contribution in [3.63, 3.8) is 0 Å². The molecule has 1 heterocycles. The minimum Gasteiger partial charge on any atom is -0.507 e. The Labute approximate surface area is 179 Å². The van der Waals surface area contributed by atoms with Gasteiger partial charge in [-0.3, -0.25) is 4.79 Å². The van der Waals surface area contributed by atoms with Crippen LogP contribution in [0.5, 0.6) is 5.75 Å². The second-order valence-electron chi connectivity index (χ2n) is 6.39. The predicted octanol–water partition coefficient (Wildman–Crippen LogP) is 4.44. The Hall–Kier alpha value is -2.84. The van der Waals surface area contributed by atoms with Gasteiger partial charge in [0.25, 0.3) is 5.91 Å². The number of halogens is 1. The van der Waals surface area contributed by atoms with Crippen LogP contribution in [-0.4, -0.2) is 32.5 Å². The molecule has 2 N–H and O–H groups in total. The summed E-state index contributed by atoms with van der Waals surface area (Å²) in [6.07, 6.45) is 1.46. The predicted molar refractivity (Wildman–Crippen MR) is 120 cm³/mol. The zero-order valence-electron chi connectivity index (χ0n) is 15.5. The van der Waals surface area contributed by atoms with Gasteiger partial charge < -0.3 is 9.67 Å². The van der Waals surface area contributed by atoms with Gasteiger partial charge in [0, 0.05) is 17.1 Å². The van der Waals surface area contributed by atoms with Crippen LogP contribution in [0.15, 0.2) is 69.3 Å². The minimum absolute atomic E-state index is 0.104. The zero-order chi connectivity index (χ0) is 20.4. The van der Waals surface area contributed by atoms with Crippen molar-refractivity contribution < 1.29 is 9.90 Å². The lowest BCUT2D eigenvalue weighted by atomic mass is 10.0. The number of nitrogens with zero attached hydrogens (tertiary/aromatic N) is 3. The van der Waals surface area contributed by atoms with Crippen LogP contribution in [0.3, 0.4) is 0 Å². The molecule has 0 atom stereocenters. The second-order valence-corrected chi connectivity index (χ2v) is 8.25. The van der Waals surface area contributed by atoms with Crippen molar-refractivity contribution in [2.75, 3.05) is 5.75 Å². The van der Waals surface area contributed by atoms with Crippen LogP contribution in [-0.2, 0) is 11.8 Å². The molecule has 6 nitrogen and oxygen atoms in total. The molecule has 3 aromatic carbocycles. The molecule has 0 aliphatic heterocycles. The monoisotopic (exact) mass is 468 g/mol. The maximum Gasteiger partial charge on any atom is 0.250 e. The average Bonchev–Trinajstić information content (AvgIpc) is 3.04. The quantitative estimate of drug-likeness (QED) is 0.257. The van der Waals surface area contributed by atoms with Gasteiger partial charge in [-0.1, -0.05) is 52.0 Å². The number of carbonyl (C=O) groups excluding carboxylic acids is 1. The van der Waals surface area contributed by atoms with Crippen LogP contribution in [0, 0.1) is 0 Å². The van der Waals surface area contributed by atoms with E-state index >= 15 is 0 Å². The fourth-order valence-corrected chi connectivity index (χ4v) is 4.19. The molecular formula is C21H17BrN4O2S. The summed E-state index contributed by atoms with van der Waals surface area (Å²) >= 11 is 4.78. The molecule has 29 heavy (non-hydrogen) atoms. The topological polar surface area (TPSA) is 79.5 Å². The fourth-order valence-electron chi connectivity index (χ4n) is 3.03. The van der Waals surface area contributed by atoms with Crippen molar-refractivity contribution >= 4 is 61.6 Å². The molecule has 0 saturated heterocycles. The second kappa shape index (κ2) is 8.26. The van der Waals surface area contributed by atoms with Gasteiger partial charge in [0.05, 0.1) is 23.0 Å². The number of carbonyl (C=O) groups is 1. The van der Waals surface area contributed by atoms with Gasteiger partial charge in [-0.15, -0.1) is 0 Å². The number of nitrogens with one attached hydrogen (secondary N) is 1. The van der Waals surface area contributed by atoms with Crippen LogP contribution < -0.4 is 5.43 Å². The van der Waals surface area contributed by atoms with Gasteiger partial charge in [-0.05, 0) is 41.1 Å². The van der Waals surface area contributed by atoms with E-state index in [0.717, 1.165) is 31.4 Å². The Morgan fingerprint density at radius 1 is 1.28 bits per heavy atom. The maximum absolute atomic E-state index is 12.2. The molecule has 0 fully saturated rings. The Morgan fingerprint density at radius 2 is 2.10 bits per heavy atom. The summed E-state index contributed by atoms with van der Waals surface area (Å²) in [6, 6.07) is 17.0. The Balaban J connectivity index is 1.43. The number of phenolic OH excluding ortho intramolecular Hbond substituents is 1. The number of imidazole rings is 1. The van der Waals surface area contributed by atoms with E-state index in [0.29, 0.717) is 5.56 Å². The summed E-state index contributed by atoms with van der Waals surface area (Å²) in [7, 11) is 1.93. The highest BCUT2D eigenvalue weighted by molar-refractivity contribution is 9.10.